The van der Waals surface area contributed by atoms with Crippen molar-refractivity contribution < 1.29 is 14.3 Å². The third kappa shape index (κ3) is 6.17. The van der Waals surface area contributed by atoms with Crippen LogP contribution in [0.5, 0.6) is 5.75 Å². The molecule has 0 aliphatic heterocycles. The van der Waals surface area contributed by atoms with Crippen molar-refractivity contribution in [3.63, 3.8) is 0 Å². The van der Waals surface area contributed by atoms with Gasteiger partial charge in [0, 0.05) is 12.1 Å². The van der Waals surface area contributed by atoms with Gasteiger partial charge in [0.25, 0.3) is 0 Å². The molecular weight excluding hydrogens is 254 g/mol. The highest BCUT2D eigenvalue weighted by molar-refractivity contribution is 5.97. The lowest BCUT2D eigenvalue weighted by molar-refractivity contribution is 0.0619. The molecule has 0 aliphatic rings. The van der Waals surface area contributed by atoms with E-state index in [0.29, 0.717) is 25.3 Å². The number of hydrogen-bond acceptors (Lipinski definition) is 4. The lowest BCUT2D eigenvalue weighted by Crippen LogP contribution is -2.29. The summed E-state index contributed by atoms with van der Waals surface area (Å²) in [6.45, 7) is 8.37. The van der Waals surface area contributed by atoms with Gasteiger partial charge >= 0.3 is 0 Å². The zero-order valence-corrected chi connectivity index (χ0v) is 12.9. The van der Waals surface area contributed by atoms with Gasteiger partial charge in [-0.2, -0.15) is 0 Å². The fraction of sp³-hybridized carbons (Fsp3) is 0.562. The molecule has 0 bridgehead atoms. The molecule has 0 atom stereocenters. The van der Waals surface area contributed by atoms with Gasteiger partial charge in [-0.3, -0.25) is 9.69 Å². The lowest BCUT2D eigenvalue weighted by atomic mass is 10.1. The Morgan fingerprint density at radius 3 is 2.45 bits per heavy atom. The van der Waals surface area contributed by atoms with Gasteiger partial charge in [-0.05, 0) is 52.1 Å². The summed E-state index contributed by atoms with van der Waals surface area (Å²) in [7, 11) is 1.93. The zero-order chi connectivity index (χ0) is 15.0. The number of ether oxygens (including phenoxy) is 2. The van der Waals surface area contributed by atoms with E-state index >= 15 is 0 Å². The van der Waals surface area contributed by atoms with E-state index in [1.54, 1.807) is 0 Å². The quantitative estimate of drug-likeness (QED) is 0.651. The monoisotopic (exact) mass is 279 g/mol. The van der Waals surface area contributed by atoms with Gasteiger partial charge in [-0.15, -0.1) is 0 Å². The van der Waals surface area contributed by atoms with Crippen molar-refractivity contribution in [2.75, 3.05) is 33.4 Å². The smallest absolute Gasteiger partial charge is 0.176 e. The van der Waals surface area contributed by atoms with Crippen LogP contribution in [0.1, 0.15) is 31.1 Å². The minimum Gasteiger partial charge on any atom is -0.494 e. The number of benzene rings is 1. The number of nitrogens with zero attached hydrogens (tertiary/aromatic N) is 1. The van der Waals surface area contributed by atoms with Gasteiger partial charge in [0.1, 0.15) is 5.75 Å². The molecule has 0 amide bonds. The molecule has 1 aromatic carbocycles. The Labute approximate surface area is 121 Å². The van der Waals surface area contributed by atoms with Crippen LogP contribution in [0.15, 0.2) is 24.3 Å². The van der Waals surface area contributed by atoms with Crippen LogP contribution < -0.4 is 4.74 Å². The van der Waals surface area contributed by atoms with E-state index in [1.807, 2.05) is 57.0 Å². The van der Waals surface area contributed by atoms with Gasteiger partial charge in [-0.25, -0.2) is 0 Å². The Balaban J connectivity index is 2.41. The Kier molecular flexibility index (Phi) is 7.26. The topological polar surface area (TPSA) is 38.8 Å². The Morgan fingerprint density at radius 1 is 1.25 bits per heavy atom. The van der Waals surface area contributed by atoms with Crippen LogP contribution in [0.2, 0.25) is 0 Å². The van der Waals surface area contributed by atoms with Crippen molar-refractivity contribution in [1.82, 2.24) is 4.90 Å². The maximum atomic E-state index is 12.1. The van der Waals surface area contributed by atoms with Crippen molar-refractivity contribution in [1.29, 1.82) is 0 Å². The highest BCUT2D eigenvalue weighted by Crippen LogP contribution is 2.12. The normalized spacial score (nSPS) is 11.1. The molecule has 4 nitrogen and oxygen atoms in total. The predicted octanol–water partition coefficient (Wildman–Crippen LogP) is 2.62. The van der Waals surface area contributed by atoms with Gasteiger partial charge in [0.15, 0.2) is 5.78 Å². The van der Waals surface area contributed by atoms with E-state index in [0.717, 1.165) is 12.3 Å². The maximum Gasteiger partial charge on any atom is 0.176 e. The van der Waals surface area contributed by atoms with Gasteiger partial charge < -0.3 is 9.47 Å². The minimum atomic E-state index is 0.111. The molecule has 0 fully saturated rings. The Bertz CT molecular complexity index is 401. The molecule has 0 heterocycles. The molecular formula is C16H25NO3. The summed E-state index contributed by atoms with van der Waals surface area (Å²) in [4.78, 5) is 14.1. The van der Waals surface area contributed by atoms with E-state index in [-0.39, 0.29) is 11.9 Å². The molecule has 1 aromatic rings. The van der Waals surface area contributed by atoms with Crippen molar-refractivity contribution in [3.05, 3.63) is 29.8 Å². The maximum absolute atomic E-state index is 12.1. The number of carbonyl (C=O) groups excluding carboxylic acids is 1. The van der Waals surface area contributed by atoms with Crippen LogP contribution in [0.4, 0.5) is 0 Å². The van der Waals surface area contributed by atoms with E-state index < -0.39 is 0 Å². The fourth-order valence-corrected chi connectivity index (χ4v) is 1.76. The first-order valence-corrected chi connectivity index (χ1v) is 7.09. The van der Waals surface area contributed by atoms with Crippen LogP contribution in [0, 0.1) is 0 Å². The number of rotatable bonds is 9. The number of carbonyl (C=O) groups is 1. The van der Waals surface area contributed by atoms with Crippen LogP contribution >= 0.6 is 0 Å². The van der Waals surface area contributed by atoms with Crippen molar-refractivity contribution in [2.45, 2.75) is 26.9 Å². The summed E-state index contributed by atoms with van der Waals surface area (Å²) in [6.07, 6.45) is 0.227. The summed E-state index contributed by atoms with van der Waals surface area (Å²) >= 11 is 0. The predicted molar refractivity (Wildman–Crippen MR) is 80.5 cm³/mol. The van der Waals surface area contributed by atoms with Crippen LogP contribution in [-0.4, -0.2) is 50.1 Å². The van der Waals surface area contributed by atoms with Crippen molar-refractivity contribution >= 4 is 5.78 Å². The molecule has 4 heteroatoms. The highest BCUT2D eigenvalue weighted by atomic mass is 16.5. The molecule has 0 N–H and O–H groups in total. The first-order chi connectivity index (χ1) is 9.52. The zero-order valence-electron chi connectivity index (χ0n) is 12.9. The molecule has 112 valence electrons. The van der Waals surface area contributed by atoms with Crippen LogP contribution in [-0.2, 0) is 4.74 Å². The largest absolute Gasteiger partial charge is 0.494 e. The van der Waals surface area contributed by atoms with E-state index in [9.17, 15) is 4.79 Å². The molecule has 0 spiro atoms. The third-order valence-corrected chi connectivity index (χ3v) is 2.83. The average molecular weight is 279 g/mol. The fourth-order valence-electron chi connectivity index (χ4n) is 1.76. The highest BCUT2D eigenvalue weighted by Gasteiger charge is 2.09. The molecule has 0 aromatic heterocycles. The third-order valence-electron chi connectivity index (χ3n) is 2.83. The minimum absolute atomic E-state index is 0.111. The summed E-state index contributed by atoms with van der Waals surface area (Å²) in [6, 6.07) is 7.29. The summed E-state index contributed by atoms with van der Waals surface area (Å²) in [5.41, 5.74) is 0.713. The Hall–Kier alpha value is -1.39. The second-order valence-corrected chi connectivity index (χ2v) is 5.04. The van der Waals surface area contributed by atoms with Gasteiger partial charge in [-0.1, -0.05) is 0 Å². The SMILES string of the molecule is CCOc1ccc(C(=O)CN(C)CCOC(C)C)cc1. The summed E-state index contributed by atoms with van der Waals surface area (Å²) in [5.74, 6) is 0.905. The molecule has 20 heavy (non-hydrogen) atoms. The number of Topliss-reactive ketones (excluding diaryl/α,β-unsaturated/α-hetero) is 1. The standard InChI is InChI=1S/C16H25NO3/c1-5-19-15-8-6-14(7-9-15)16(18)12-17(4)10-11-20-13(2)3/h6-9,13H,5,10-12H2,1-4H3. The summed E-state index contributed by atoms with van der Waals surface area (Å²) in [5, 5.41) is 0. The van der Waals surface area contributed by atoms with E-state index in [1.165, 1.54) is 0 Å². The van der Waals surface area contributed by atoms with Gasteiger partial charge in [0.05, 0.1) is 25.9 Å². The van der Waals surface area contributed by atoms with Crippen molar-refractivity contribution in [2.24, 2.45) is 0 Å². The molecule has 0 saturated heterocycles. The van der Waals surface area contributed by atoms with Gasteiger partial charge in [0.2, 0.25) is 0 Å². The first-order valence-electron chi connectivity index (χ1n) is 7.09. The van der Waals surface area contributed by atoms with Crippen LogP contribution in [0.25, 0.3) is 0 Å². The molecule has 0 unspecified atom stereocenters. The number of ketones is 1. The molecule has 0 aliphatic carbocycles. The summed E-state index contributed by atoms with van der Waals surface area (Å²) < 4.78 is 10.8. The molecule has 1 rings (SSSR count). The number of likely N-dealkylation sites (N-methyl/N-ethyl adjacent to an activating group) is 1. The molecule has 0 saturated carbocycles. The van der Waals surface area contributed by atoms with E-state index in [2.05, 4.69) is 0 Å². The van der Waals surface area contributed by atoms with Crippen LogP contribution in [0.3, 0.4) is 0 Å². The van der Waals surface area contributed by atoms with E-state index in [4.69, 9.17) is 9.47 Å². The number of hydrogen-bond donors (Lipinski definition) is 0. The second-order valence-electron chi connectivity index (χ2n) is 5.04. The average Bonchev–Trinajstić information content (AvgIpc) is 2.39. The lowest BCUT2D eigenvalue weighted by Gasteiger charge is -2.17. The Morgan fingerprint density at radius 2 is 1.90 bits per heavy atom. The molecule has 0 radical (unpaired) electrons. The van der Waals surface area contributed by atoms with Crippen molar-refractivity contribution in [3.8, 4) is 5.75 Å². The second kappa shape index (κ2) is 8.72. The first kappa shape index (κ1) is 16.7.